The van der Waals surface area contributed by atoms with Gasteiger partial charge in [-0.2, -0.15) is 0 Å². The van der Waals surface area contributed by atoms with Gasteiger partial charge in [0.15, 0.2) is 11.5 Å². The number of hydrogen-bond donors (Lipinski definition) is 0. The third-order valence-corrected chi connectivity index (χ3v) is 3.95. The van der Waals surface area contributed by atoms with Gasteiger partial charge in [-0.1, -0.05) is 30.3 Å². The molecule has 3 nitrogen and oxygen atoms in total. The second-order valence-electron chi connectivity index (χ2n) is 5.21. The number of ether oxygens (including phenoxy) is 2. The molecular weight excluding hydrogens is 262 g/mol. The summed E-state index contributed by atoms with van der Waals surface area (Å²) in [5, 5.41) is 0. The molecule has 0 aliphatic carbocycles. The Balaban J connectivity index is 2.03. The minimum atomic E-state index is 0.178. The van der Waals surface area contributed by atoms with Crippen molar-refractivity contribution in [3.8, 4) is 11.5 Å². The normalized spacial score (nSPS) is 16.9. The van der Waals surface area contributed by atoms with Gasteiger partial charge in [-0.3, -0.25) is 4.99 Å². The molecule has 3 rings (SSSR count). The molecule has 3 heteroatoms. The van der Waals surface area contributed by atoms with E-state index in [4.69, 9.17) is 14.5 Å². The molecule has 1 atom stereocenters. The molecule has 0 fully saturated rings. The van der Waals surface area contributed by atoms with Gasteiger partial charge in [0, 0.05) is 11.3 Å². The number of aliphatic imine (C=N–C) groups is 1. The Morgan fingerprint density at radius 2 is 1.67 bits per heavy atom. The fourth-order valence-corrected chi connectivity index (χ4v) is 2.85. The molecule has 0 bridgehead atoms. The fraction of sp³-hybridized carbons (Fsp3) is 0.278. The Hall–Kier alpha value is -2.29. The Morgan fingerprint density at radius 1 is 1.00 bits per heavy atom. The maximum absolute atomic E-state index is 5.41. The third kappa shape index (κ3) is 2.51. The molecule has 0 saturated heterocycles. The Bertz CT molecular complexity index is 677. The fourth-order valence-electron chi connectivity index (χ4n) is 2.85. The maximum atomic E-state index is 5.41. The van der Waals surface area contributed by atoms with Crippen molar-refractivity contribution in [1.29, 1.82) is 0 Å². The standard InChI is InChI=1S/C18H19NO2/c1-12-15-11-18(21-3)17(20-2)10-14(15)9-16(19-12)13-7-5-4-6-8-13/h4-8,10-11,16H,9H2,1-3H3. The van der Waals surface area contributed by atoms with Gasteiger partial charge in [0.25, 0.3) is 0 Å². The van der Waals surface area contributed by atoms with Crippen molar-refractivity contribution in [3.63, 3.8) is 0 Å². The lowest BCUT2D eigenvalue weighted by Gasteiger charge is -2.24. The summed E-state index contributed by atoms with van der Waals surface area (Å²) in [6.45, 7) is 2.06. The second-order valence-corrected chi connectivity index (χ2v) is 5.21. The zero-order valence-corrected chi connectivity index (χ0v) is 12.6. The van der Waals surface area contributed by atoms with Crippen molar-refractivity contribution in [3.05, 3.63) is 59.2 Å². The molecule has 2 aromatic rings. The first-order valence-corrected chi connectivity index (χ1v) is 7.07. The van der Waals surface area contributed by atoms with Gasteiger partial charge >= 0.3 is 0 Å². The van der Waals surface area contributed by atoms with Gasteiger partial charge in [-0.25, -0.2) is 0 Å². The minimum absolute atomic E-state index is 0.178. The second kappa shape index (κ2) is 5.60. The van der Waals surface area contributed by atoms with Crippen LogP contribution in [0, 0.1) is 0 Å². The third-order valence-electron chi connectivity index (χ3n) is 3.95. The van der Waals surface area contributed by atoms with Crippen LogP contribution in [0.5, 0.6) is 11.5 Å². The van der Waals surface area contributed by atoms with E-state index in [1.54, 1.807) is 14.2 Å². The van der Waals surface area contributed by atoms with Crippen LogP contribution in [0.2, 0.25) is 0 Å². The summed E-state index contributed by atoms with van der Waals surface area (Å²) in [7, 11) is 3.33. The highest BCUT2D eigenvalue weighted by Gasteiger charge is 2.22. The maximum Gasteiger partial charge on any atom is 0.161 e. The summed E-state index contributed by atoms with van der Waals surface area (Å²) in [5.74, 6) is 1.53. The lowest BCUT2D eigenvalue weighted by atomic mass is 9.90. The summed E-state index contributed by atoms with van der Waals surface area (Å²) in [4.78, 5) is 4.84. The summed E-state index contributed by atoms with van der Waals surface area (Å²) in [5.41, 5.74) is 4.71. The average Bonchev–Trinajstić information content (AvgIpc) is 2.54. The predicted octanol–water partition coefficient (Wildman–Crippen LogP) is 3.81. The molecule has 0 saturated carbocycles. The Kier molecular flexibility index (Phi) is 3.65. The first-order chi connectivity index (χ1) is 10.2. The number of rotatable bonds is 3. The van der Waals surface area contributed by atoms with Gasteiger partial charge in [-0.15, -0.1) is 0 Å². The molecule has 1 aliphatic rings. The molecule has 108 valence electrons. The molecule has 1 heterocycles. The molecule has 0 spiro atoms. The SMILES string of the molecule is COc1cc2c(cc1OC)C(C)=NC(c1ccccc1)C2. The number of methoxy groups -OCH3 is 2. The van der Waals surface area contributed by atoms with Gasteiger partial charge in [0.2, 0.25) is 0 Å². The van der Waals surface area contributed by atoms with Crippen molar-refractivity contribution in [2.75, 3.05) is 14.2 Å². The van der Waals surface area contributed by atoms with Crippen molar-refractivity contribution >= 4 is 5.71 Å². The van der Waals surface area contributed by atoms with Crippen LogP contribution in [0.15, 0.2) is 47.5 Å². The molecule has 1 unspecified atom stereocenters. The smallest absolute Gasteiger partial charge is 0.161 e. The van der Waals surface area contributed by atoms with E-state index in [1.807, 2.05) is 12.1 Å². The lowest BCUT2D eigenvalue weighted by molar-refractivity contribution is 0.354. The monoisotopic (exact) mass is 281 g/mol. The van der Waals surface area contributed by atoms with Crippen LogP contribution >= 0.6 is 0 Å². The predicted molar refractivity (Wildman–Crippen MR) is 84.6 cm³/mol. The highest BCUT2D eigenvalue weighted by atomic mass is 16.5. The molecule has 21 heavy (non-hydrogen) atoms. The number of fused-ring (bicyclic) bond motifs is 1. The van der Waals surface area contributed by atoms with Crippen molar-refractivity contribution < 1.29 is 9.47 Å². The van der Waals surface area contributed by atoms with Crippen LogP contribution in [0.1, 0.15) is 29.7 Å². The topological polar surface area (TPSA) is 30.8 Å². The average molecular weight is 281 g/mol. The highest BCUT2D eigenvalue weighted by Crippen LogP contribution is 2.36. The molecule has 0 aromatic heterocycles. The van der Waals surface area contributed by atoms with Crippen molar-refractivity contribution in [2.45, 2.75) is 19.4 Å². The summed E-state index contributed by atoms with van der Waals surface area (Å²) in [6.07, 6.45) is 0.886. The molecule has 1 aliphatic heterocycles. The van der Waals surface area contributed by atoms with E-state index in [-0.39, 0.29) is 6.04 Å². The summed E-state index contributed by atoms with van der Waals surface area (Å²) < 4.78 is 10.8. The number of benzene rings is 2. The molecular formula is C18H19NO2. The van der Waals surface area contributed by atoms with E-state index >= 15 is 0 Å². The number of nitrogens with zero attached hydrogens (tertiary/aromatic N) is 1. The quantitative estimate of drug-likeness (QED) is 0.856. The van der Waals surface area contributed by atoms with Crippen molar-refractivity contribution in [1.82, 2.24) is 0 Å². The van der Waals surface area contributed by atoms with E-state index in [2.05, 4.69) is 37.3 Å². The van der Waals surface area contributed by atoms with E-state index in [0.29, 0.717) is 0 Å². The van der Waals surface area contributed by atoms with E-state index < -0.39 is 0 Å². The zero-order chi connectivity index (χ0) is 14.8. The van der Waals surface area contributed by atoms with Crippen LogP contribution in [0.3, 0.4) is 0 Å². The lowest BCUT2D eigenvalue weighted by Crippen LogP contribution is -2.14. The van der Waals surface area contributed by atoms with E-state index in [1.165, 1.54) is 11.1 Å². The molecule has 0 radical (unpaired) electrons. The number of hydrogen-bond acceptors (Lipinski definition) is 3. The van der Waals surface area contributed by atoms with E-state index in [0.717, 1.165) is 29.2 Å². The van der Waals surface area contributed by atoms with Gasteiger partial charge in [0.05, 0.1) is 20.3 Å². The van der Waals surface area contributed by atoms with Gasteiger partial charge in [0.1, 0.15) is 0 Å². The highest BCUT2D eigenvalue weighted by molar-refractivity contribution is 6.01. The van der Waals surface area contributed by atoms with E-state index in [9.17, 15) is 0 Å². The van der Waals surface area contributed by atoms with Crippen LogP contribution in [-0.2, 0) is 6.42 Å². The van der Waals surface area contributed by atoms with Gasteiger partial charge < -0.3 is 9.47 Å². The molecule has 0 N–H and O–H groups in total. The molecule has 2 aromatic carbocycles. The van der Waals surface area contributed by atoms with Crippen LogP contribution in [-0.4, -0.2) is 19.9 Å². The largest absolute Gasteiger partial charge is 0.493 e. The summed E-state index contributed by atoms with van der Waals surface area (Å²) >= 11 is 0. The first-order valence-electron chi connectivity index (χ1n) is 7.07. The van der Waals surface area contributed by atoms with Crippen molar-refractivity contribution in [2.24, 2.45) is 4.99 Å². The Labute approximate surface area is 125 Å². The zero-order valence-electron chi connectivity index (χ0n) is 12.6. The van der Waals surface area contributed by atoms with Crippen LogP contribution in [0.4, 0.5) is 0 Å². The summed E-state index contributed by atoms with van der Waals surface area (Å²) in [6, 6.07) is 14.7. The Morgan fingerprint density at radius 3 is 2.33 bits per heavy atom. The van der Waals surface area contributed by atoms with Crippen LogP contribution in [0.25, 0.3) is 0 Å². The minimum Gasteiger partial charge on any atom is -0.493 e. The van der Waals surface area contributed by atoms with Gasteiger partial charge in [-0.05, 0) is 36.6 Å². The van der Waals surface area contributed by atoms with Crippen LogP contribution < -0.4 is 9.47 Å². The molecule has 0 amide bonds. The first kappa shape index (κ1) is 13.7.